The fourth-order valence-electron chi connectivity index (χ4n) is 1.11. The van der Waals surface area contributed by atoms with Gasteiger partial charge in [0.05, 0.1) is 17.3 Å². The molecule has 0 aliphatic rings. The molecule has 0 saturated carbocycles. The molecule has 1 heterocycles. The number of alkyl halides is 6. The Morgan fingerprint density at radius 1 is 1.38 bits per heavy atom. The smallest absolute Gasteiger partial charge is 0.397 e. The monoisotopic (exact) mass is 260 g/mol. The molecule has 0 bridgehead atoms. The van der Waals surface area contributed by atoms with Crippen LogP contribution in [0.3, 0.4) is 0 Å². The van der Waals surface area contributed by atoms with Gasteiger partial charge in [-0.1, -0.05) is 0 Å². The standard InChI is InChI=1S/C8H6ClF5N2/c9-2-5-3(7(10)11)1-4(15)6(16-5)8(12,13)14/h1,7H,2,15H2. The number of aromatic nitrogens is 1. The molecule has 0 radical (unpaired) electrons. The molecule has 0 spiro atoms. The number of rotatable bonds is 2. The third-order valence-electron chi connectivity index (χ3n) is 1.79. The van der Waals surface area contributed by atoms with Crippen molar-refractivity contribution in [2.75, 3.05) is 5.73 Å². The summed E-state index contributed by atoms with van der Waals surface area (Å²) in [5.41, 5.74) is 1.58. The second kappa shape index (κ2) is 4.40. The number of hydrogen-bond donors (Lipinski definition) is 1. The zero-order chi connectivity index (χ0) is 12.5. The summed E-state index contributed by atoms with van der Waals surface area (Å²) >= 11 is 5.25. The van der Waals surface area contributed by atoms with Gasteiger partial charge < -0.3 is 5.73 Å². The molecule has 1 rings (SSSR count). The predicted molar refractivity (Wildman–Crippen MR) is 48.2 cm³/mol. The van der Waals surface area contributed by atoms with Gasteiger partial charge in [-0.05, 0) is 6.07 Å². The lowest BCUT2D eigenvalue weighted by atomic mass is 10.1. The number of halogens is 6. The summed E-state index contributed by atoms with van der Waals surface area (Å²) in [7, 11) is 0. The van der Waals surface area contributed by atoms with E-state index in [-0.39, 0.29) is 0 Å². The minimum atomic E-state index is -4.79. The van der Waals surface area contributed by atoms with Crippen LogP contribution in [0.25, 0.3) is 0 Å². The fraction of sp³-hybridized carbons (Fsp3) is 0.375. The molecule has 16 heavy (non-hydrogen) atoms. The van der Waals surface area contributed by atoms with Crippen molar-refractivity contribution in [1.82, 2.24) is 4.98 Å². The molecule has 2 N–H and O–H groups in total. The Morgan fingerprint density at radius 2 is 1.94 bits per heavy atom. The zero-order valence-corrected chi connectivity index (χ0v) is 8.41. The van der Waals surface area contributed by atoms with Gasteiger partial charge in [0, 0.05) is 5.56 Å². The van der Waals surface area contributed by atoms with E-state index in [2.05, 4.69) is 4.98 Å². The summed E-state index contributed by atoms with van der Waals surface area (Å²) in [6.07, 6.45) is -7.75. The largest absolute Gasteiger partial charge is 0.435 e. The van der Waals surface area contributed by atoms with E-state index in [0.717, 1.165) is 0 Å². The summed E-state index contributed by atoms with van der Waals surface area (Å²) in [4.78, 5) is 3.02. The number of pyridine rings is 1. The number of anilines is 1. The third-order valence-corrected chi connectivity index (χ3v) is 2.05. The first kappa shape index (κ1) is 13.0. The highest BCUT2D eigenvalue weighted by atomic mass is 35.5. The zero-order valence-electron chi connectivity index (χ0n) is 7.65. The molecule has 2 nitrogen and oxygen atoms in total. The highest BCUT2D eigenvalue weighted by Crippen LogP contribution is 2.35. The van der Waals surface area contributed by atoms with Crippen molar-refractivity contribution in [3.8, 4) is 0 Å². The molecule has 8 heteroatoms. The van der Waals surface area contributed by atoms with Crippen LogP contribution in [0.4, 0.5) is 27.6 Å². The fourth-order valence-corrected chi connectivity index (χ4v) is 1.32. The van der Waals surface area contributed by atoms with E-state index in [9.17, 15) is 22.0 Å². The van der Waals surface area contributed by atoms with Crippen molar-refractivity contribution in [2.24, 2.45) is 0 Å². The summed E-state index contributed by atoms with van der Waals surface area (Å²) < 4.78 is 61.7. The minimum Gasteiger partial charge on any atom is -0.397 e. The summed E-state index contributed by atoms with van der Waals surface area (Å²) in [5.74, 6) is -0.539. The Hall–Kier alpha value is -1.11. The SMILES string of the molecule is Nc1cc(C(F)F)c(CCl)nc1C(F)(F)F. The molecule has 0 fully saturated rings. The normalized spacial score (nSPS) is 12.2. The Labute approximate surface area is 92.2 Å². The second-order valence-corrected chi connectivity index (χ2v) is 3.16. The van der Waals surface area contributed by atoms with E-state index >= 15 is 0 Å². The number of nitrogens with two attached hydrogens (primary N) is 1. The molecular formula is C8H6ClF5N2. The average Bonchev–Trinajstić information content (AvgIpc) is 2.15. The molecule has 0 atom stereocenters. The van der Waals surface area contributed by atoms with E-state index in [0.29, 0.717) is 6.07 Å². The van der Waals surface area contributed by atoms with Crippen LogP contribution >= 0.6 is 11.6 Å². The van der Waals surface area contributed by atoms with Gasteiger partial charge in [-0.25, -0.2) is 13.8 Å². The van der Waals surface area contributed by atoms with Crippen LogP contribution in [0.1, 0.15) is 23.4 Å². The lowest BCUT2D eigenvalue weighted by molar-refractivity contribution is -0.140. The molecule has 0 aliphatic heterocycles. The van der Waals surface area contributed by atoms with Crippen molar-refractivity contribution < 1.29 is 22.0 Å². The number of hydrogen-bond acceptors (Lipinski definition) is 2. The summed E-state index contributed by atoms with van der Waals surface area (Å²) in [6, 6.07) is 0.554. The van der Waals surface area contributed by atoms with Crippen molar-refractivity contribution in [3.63, 3.8) is 0 Å². The maximum atomic E-state index is 12.4. The molecule has 0 unspecified atom stereocenters. The Bertz CT molecular complexity index is 391. The number of nitrogens with zero attached hydrogens (tertiary/aromatic N) is 1. The summed E-state index contributed by atoms with van der Waals surface area (Å²) in [6.45, 7) is 0. The Morgan fingerprint density at radius 3 is 2.31 bits per heavy atom. The Kier molecular flexibility index (Phi) is 3.57. The second-order valence-electron chi connectivity index (χ2n) is 2.89. The quantitative estimate of drug-likeness (QED) is 0.654. The van der Waals surface area contributed by atoms with Crippen LogP contribution in [-0.4, -0.2) is 4.98 Å². The molecule has 1 aromatic rings. The molecular weight excluding hydrogens is 255 g/mol. The Balaban J connectivity index is 3.37. The molecule has 90 valence electrons. The van der Waals surface area contributed by atoms with Crippen LogP contribution in [0.5, 0.6) is 0 Å². The maximum Gasteiger partial charge on any atom is 0.435 e. The van der Waals surface area contributed by atoms with E-state index in [1.54, 1.807) is 0 Å². The van der Waals surface area contributed by atoms with Gasteiger partial charge in [0.2, 0.25) is 0 Å². The van der Waals surface area contributed by atoms with Gasteiger partial charge in [0.1, 0.15) is 0 Å². The molecule has 0 amide bonds. The van der Waals surface area contributed by atoms with Crippen LogP contribution in [-0.2, 0) is 12.1 Å². The summed E-state index contributed by atoms with van der Waals surface area (Å²) in [5, 5.41) is 0. The third kappa shape index (κ3) is 2.52. The van der Waals surface area contributed by atoms with E-state index < -0.39 is 41.1 Å². The lowest BCUT2D eigenvalue weighted by Crippen LogP contribution is -2.14. The van der Waals surface area contributed by atoms with E-state index in [4.69, 9.17) is 17.3 Å². The highest BCUT2D eigenvalue weighted by molar-refractivity contribution is 6.17. The molecule has 0 saturated heterocycles. The average molecular weight is 261 g/mol. The van der Waals surface area contributed by atoms with E-state index in [1.165, 1.54) is 0 Å². The van der Waals surface area contributed by atoms with Crippen LogP contribution in [0, 0.1) is 0 Å². The van der Waals surface area contributed by atoms with Crippen molar-refractivity contribution >= 4 is 17.3 Å². The molecule has 0 aliphatic carbocycles. The molecule has 0 aromatic carbocycles. The van der Waals surface area contributed by atoms with Crippen LogP contribution < -0.4 is 5.73 Å². The maximum absolute atomic E-state index is 12.4. The van der Waals surface area contributed by atoms with Gasteiger partial charge >= 0.3 is 6.18 Å². The van der Waals surface area contributed by atoms with Gasteiger partial charge in [-0.2, -0.15) is 13.2 Å². The molecule has 1 aromatic heterocycles. The van der Waals surface area contributed by atoms with Crippen molar-refractivity contribution in [1.29, 1.82) is 0 Å². The minimum absolute atomic E-state index is 0.516. The first-order valence-electron chi connectivity index (χ1n) is 3.98. The van der Waals surface area contributed by atoms with Gasteiger partial charge in [-0.3, -0.25) is 0 Å². The van der Waals surface area contributed by atoms with Crippen LogP contribution in [0.15, 0.2) is 6.07 Å². The lowest BCUT2D eigenvalue weighted by Gasteiger charge is -2.13. The predicted octanol–water partition coefficient (Wildman–Crippen LogP) is 3.36. The van der Waals surface area contributed by atoms with Crippen LogP contribution in [0.2, 0.25) is 0 Å². The topological polar surface area (TPSA) is 38.9 Å². The van der Waals surface area contributed by atoms with Crippen molar-refractivity contribution in [2.45, 2.75) is 18.5 Å². The van der Waals surface area contributed by atoms with Gasteiger partial charge in [-0.15, -0.1) is 11.6 Å². The first-order valence-corrected chi connectivity index (χ1v) is 4.51. The van der Waals surface area contributed by atoms with Gasteiger partial charge in [0.15, 0.2) is 5.69 Å². The van der Waals surface area contributed by atoms with Gasteiger partial charge in [0.25, 0.3) is 6.43 Å². The first-order chi connectivity index (χ1) is 7.27. The number of nitrogen functional groups attached to an aromatic ring is 1. The van der Waals surface area contributed by atoms with E-state index in [1.807, 2.05) is 0 Å². The van der Waals surface area contributed by atoms with Crippen molar-refractivity contribution in [3.05, 3.63) is 23.0 Å². The highest BCUT2D eigenvalue weighted by Gasteiger charge is 2.36.